The monoisotopic (exact) mass is 295 g/mol. The highest BCUT2D eigenvalue weighted by Crippen LogP contribution is 2.47. The SMILES string of the molecule is CC1(C)CN(C(=O)NCC2(CC#N)CC2)CC(CCO)O1. The van der Waals surface area contributed by atoms with Crippen molar-refractivity contribution in [1.82, 2.24) is 10.2 Å². The maximum Gasteiger partial charge on any atom is 0.317 e. The second-order valence-corrected chi connectivity index (χ2v) is 6.89. The number of ether oxygens (including phenoxy) is 1. The van der Waals surface area contributed by atoms with Gasteiger partial charge in [-0.05, 0) is 33.1 Å². The van der Waals surface area contributed by atoms with Crippen molar-refractivity contribution in [3.63, 3.8) is 0 Å². The van der Waals surface area contributed by atoms with Gasteiger partial charge in [0.1, 0.15) is 0 Å². The summed E-state index contributed by atoms with van der Waals surface area (Å²) in [5.74, 6) is 0. The van der Waals surface area contributed by atoms with Gasteiger partial charge >= 0.3 is 6.03 Å². The van der Waals surface area contributed by atoms with E-state index in [1.54, 1.807) is 4.90 Å². The van der Waals surface area contributed by atoms with Gasteiger partial charge in [-0.25, -0.2) is 4.79 Å². The third-order valence-corrected chi connectivity index (χ3v) is 4.25. The molecule has 6 nitrogen and oxygen atoms in total. The Morgan fingerprint density at radius 3 is 2.81 bits per heavy atom. The number of rotatable bonds is 5. The van der Waals surface area contributed by atoms with Gasteiger partial charge in [-0.1, -0.05) is 0 Å². The van der Waals surface area contributed by atoms with Crippen molar-refractivity contribution in [3.05, 3.63) is 0 Å². The first kappa shape index (κ1) is 16.1. The number of amides is 2. The molecule has 1 unspecified atom stereocenters. The zero-order valence-corrected chi connectivity index (χ0v) is 12.9. The first-order chi connectivity index (χ1) is 9.90. The summed E-state index contributed by atoms with van der Waals surface area (Å²) < 4.78 is 5.87. The van der Waals surface area contributed by atoms with E-state index in [0.717, 1.165) is 12.8 Å². The van der Waals surface area contributed by atoms with Crippen molar-refractivity contribution in [2.45, 2.75) is 51.2 Å². The first-order valence-corrected chi connectivity index (χ1v) is 7.58. The molecule has 1 saturated heterocycles. The Hall–Kier alpha value is -1.32. The summed E-state index contributed by atoms with van der Waals surface area (Å²) in [6, 6.07) is 2.10. The van der Waals surface area contributed by atoms with Gasteiger partial charge in [0.25, 0.3) is 0 Å². The number of urea groups is 1. The largest absolute Gasteiger partial charge is 0.396 e. The molecule has 118 valence electrons. The average Bonchev–Trinajstić information content (AvgIpc) is 3.15. The molecule has 1 aliphatic heterocycles. The van der Waals surface area contributed by atoms with Crippen LogP contribution in [0, 0.1) is 16.7 Å². The molecule has 1 heterocycles. The van der Waals surface area contributed by atoms with Crippen LogP contribution in [0.1, 0.15) is 39.5 Å². The van der Waals surface area contributed by atoms with Crippen LogP contribution < -0.4 is 5.32 Å². The molecule has 2 rings (SSSR count). The van der Waals surface area contributed by atoms with E-state index in [9.17, 15) is 4.79 Å². The van der Waals surface area contributed by atoms with Crippen LogP contribution in [0.4, 0.5) is 4.79 Å². The molecule has 2 fully saturated rings. The van der Waals surface area contributed by atoms with Crippen molar-refractivity contribution < 1.29 is 14.6 Å². The predicted octanol–water partition coefficient (Wildman–Crippen LogP) is 1.25. The zero-order valence-electron chi connectivity index (χ0n) is 12.9. The Morgan fingerprint density at radius 2 is 2.24 bits per heavy atom. The highest BCUT2D eigenvalue weighted by atomic mass is 16.5. The van der Waals surface area contributed by atoms with Crippen LogP contribution >= 0.6 is 0 Å². The summed E-state index contributed by atoms with van der Waals surface area (Å²) >= 11 is 0. The fourth-order valence-electron chi connectivity index (χ4n) is 2.88. The van der Waals surface area contributed by atoms with Crippen LogP contribution in [0.25, 0.3) is 0 Å². The van der Waals surface area contributed by atoms with Gasteiger partial charge in [0.2, 0.25) is 0 Å². The number of hydrogen-bond donors (Lipinski definition) is 2. The lowest BCUT2D eigenvalue weighted by molar-refractivity contribution is -0.129. The number of aliphatic hydroxyl groups excluding tert-OH is 1. The normalized spacial score (nSPS) is 26.0. The molecule has 1 saturated carbocycles. The van der Waals surface area contributed by atoms with E-state index >= 15 is 0 Å². The number of carbonyl (C=O) groups excluding carboxylic acids is 1. The molecule has 1 atom stereocenters. The third kappa shape index (κ3) is 4.32. The van der Waals surface area contributed by atoms with Gasteiger partial charge in [-0.2, -0.15) is 5.26 Å². The molecule has 0 bridgehead atoms. The number of nitriles is 1. The molecular formula is C15H25N3O3. The van der Waals surface area contributed by atoms with Crippen molar-refractivity contribution >= 4 is 6.03 Å². The lowest BCUT2D eigenvalue weighted by Crippen LogP contribution is -2.57. The summed E-state index contributed by atoms with van der Waals surface area (Å²) in [6.07, 6.45) is 2.95. The summed E-state index contributed by atoms with van der Waals surface area (Å²) in [5.41, 5.74) is -0.393. The summed E-state index contributed by atoms with van der Waals surface area (Å²) in [4.78, 5) is 14.1. The summed E-state index contributed by atoms with van der Waals surface area (Å²) in [5, 5.41) is 20.8. The Balaban J connectivity index is 1.87. The van der Waals surface area contributed by atoms with Crippen LogP contribution in [0.2, 0.25) is 0 Å². The smallest absolute Gasteiger partial charge is 0.317 e. The number of hydrogen-bond acceptors (Lipinski definition) is 4. The molecule has 2 aliphatic rings. The number of nitrogens with one attached hydrogen (secondary N) is 1. The molecule has 0 aromatic rings. The van der Waals surface area contributed by atoms with E-state index < -0.39 is 5.60 Å². The number of morpholine rings is 1. The Morgan fingerprint density at radius 1 is 1.52 bits per heavy atom. The fraction of sp³-hybridized carbons (Fsp3) is 0.867. The van der Waals surface area contributed by atoms with Crippen molar-refractivity contribution in [2.75, 3.05) is 26.2 Å². The van der Waals surface area contributed by atoms with Gasteiger partial charge in [-0.15, -0.1) is 0 Å². The van der Waals surface area contributed by atoms with Crippen molar-refractivity contribution in [2.24, 2.45) is 5.41 Å². The Bertz CT molecular complexity index is 426. The third-order valence-electron chi connectivity index (χ3n) is 4.25. The van der Waals surface area contributed by atoms with E-state index in [1.807, 2.05) is 13.8 Å². The number of aliphatic hydroxyl groups is 1. The molecule has 1 aliphatic carbocycles. The highest BCUT2D eigenvalue weighted by molar-refractivity contribution is 5.74. The highest BCUT2D eigenvalue weighted by Gasteiger charge is 2.43. The topological polar surface area (TPSA) is 85.6 Å². The standard InChI is InChI=1S/C15H25N3O3/c1-14(2)11-18(9-12(21-14)3-8-19)13(20)17-10-15(4-5-15)6-7-16/h12,19H,3-6,8-11H2,1-2H3,(H,17,20). The lowest BCUT2D eigenvalue weighted by atomic mass is 10.0. The van der Waals surface area contributed by atoms with E-state index in [0.29, 0.717) is 32.5 Å². The van der Waals surface area contributed by atoms with Crippen LogP contribution in [-0.4, -0.2) is 54.0 Å². The molecule has 0 spiro atoms. The molecule has 2 N–H and O–H groups in total. The zero-order chi connectivity index (χ0) is 15.5. The maximum absolute atomic E-state index is 12.3. The van der Waals surface area contributed by atoms with Crippen LogP contribution in [-0.2, 0) is 4.74 Å². The lowest BCUT2D eigenvalue weighted by Gasteiger charge is -2.42. The Labute approximate surface area is 126 Å². The van der Waals surface area contributed by atoms with Gasteiger partial charge in [0, 0.05) is 31.5 Å². The van der Waals surface area contributed by atoms with Gasteiger partial charge in [0.05, 0.1) is 24.3 Å². The minimum Gasteiger partial charge on any atom is -0.396 e. The number of carbonyl (C=O) groups is 1. The summed E-state index contributed by atoms with van der Waals surface area (Å²) in [6.45, 7) is 5.57. The molecule has 6 heteroatoms. The first-order valence-electron chi connectivity index (χ1n) is 7.58. The Kier molecular flexibility index (Phi) is 4.74. The fourth-order valence-corrected chi connectivity index (χ4v) is 2.88. The molecule has 2 amide bonds. The van der Waals surface area contributed by atoms with Crippen molar-refractivity contribution in [1.29, 1.82) is 5.26 Å². The van der Waals surface area contributed by atoms with Gasteiger partial charge < -0.3 is 20.1 Å². The van der Waals surface area contributed by atoms with Gasteiger partial charge in [0.15, 0.2) is 0 Å². The maximum atomic E-state index is 12.3. The van der Waals surface area contributed by atoms with Crippen LogP contribution in [0.5, 0.6) is 0 Å². The number of nitrogens with zero attached hydrogens (tertiary/aromatic N) is 2. The van der Waals surface area contributed by atoms with Crippen LogP contribution in [0.15, 0.2) is 0 Å². The van der Waals surface area contributed by atoms with E-state index in [2.05, 4.69) is 11.4 Å². The van der Waals surface area contributed by atoms with E-state index in [-0.39, 0.29) is 24.2 Å². The molecule has 21 heavy (non-hydrogen) atoms. The molecule has 0 radical (unpaired) electrons. The minimum atomic E-state index is -0.403. The van der Waals surface area contributed by atoms with Crippen molar-refractivity contribution in [3.8, 4) is 6.07 Å². The molecule has 0 aromatic carbocycles. The predicted molar refractivity (Wildman–Crippen MR) is 77.5 cm³/mol. The van der Waals surface area contributed by atoms with E-state index in [1.165, 1.54) is 0 Å². The van der Waals surface area contributed by atoms with Crippen LogP contribution in [0.3, 0.4) is 0 Å². The summed E-state index contributed by atoms with van der Waals surface area (Å²) in [7, 11) is 0. The molecule has 0 aromatic heterocycles. The van der Waals surface area contributed by atoms with Gasteiger partial charge in [-0.3, -0.25) is 0 Å². The average molecular weight is 295 g/mol. The van der Waals surface area contributed by atoms with E-state index in [4.69, 9.17) is 15.1 Å². The molecular weight excluding hydrogens is 270 g/mol. The minimum absolute atomic E-state index is 0.0106. The second kappa shape index (κ2) is 6.20. The second-order valence-electron chi connectivity index (χ2n) is 6.89. The quantitative estimate of drug-likeness (QED) is 0.799.